The number of aliphatic hydroxyl groups excluding tert-OH is 1. The molecule has 0 radical (unpaired) electrons. The fraction of sp³-hybridized carbons (Fsp3) is 0.455. The fourth-order valence-corrected chi connectivity index (χ4v) is 1.21. The average molecular weight is 179 g/mol. The highest BCUT2D eigenvalue weighted by Crippen LogP contribution is 2.10. The van der Waals surface area contributed by atoms with E-state index in [4.69, 9.17) is 5.11 Å². The van der Waals surface area contributed by atoms with Crippen LogP contribution in [0.1, 0.15) is 25.5 Å². The fourth-order valence-electron chi connectivity index (χ4n) is 1.21. The molecule has 2 nitrogen and oxygen atoms in total. The first-order valence-electron chi connectivity index (χ1n) is 4.66. The maximum absolute atomic E-state index is 9.09. The van der Waals surface area contributed by atoms with Crippen molar-refractivity contribution in [3.05, 3.63) is 35.9 Å². The predicted octanol–water partition coefficient (Wildman–Crippen LogP) is 1.72. The number of rotatable bonds is 4. The van der Waals surface area contributed by atoms with E-state index in [9.17, 15) is 0 Å². The SMILES string of the molecule is C[C@H](O)CN[C@H](C)c1ccccc1. The van der Waals surface area contributed by atoms with E-state index in [0.717, 1.165) is 0 Å². The quantitative estimate of drug-likeness (QED) is 0.737. The highest BCUT2D eigenvalue weighted by molar-refractivity contribution is 5.17. The van der Waals surface area contributed by atoms with E-state index in [1.165, 1.54) is 5.56 Å². The molecule has 13 heavy (non-hydrogen) atoms. The first-order valence-corrected chi connectivity index (χ1v) is 4.66. The lowest BCUT2D eigenvalue weighted by atomic mass is 10.1. The Hall–Kier alpha value is -0.860. The molecule has 0 aliphatic rings. The Balaban J connectivity index is 2.44. The summed E-state index contributed by atoms with van der Waals surface area (Å²) in [6.45, 7) is 4.51. The van der Waals surface area contributed by atoms with Gasteiger partial charge in [0.2, 0.25) is 0 Å². The van der Waals surface area contributed by atoms with Crippen molar-refractivity contribution in [3.8, 4) is 0 Å². The molecule has 0 unspecified atom stereocenters. The Bertz CT molecular complexity index is 233. The van der Waals surface area contributed by atoms with Gasteiger partial charge in [0.1, 0.15) is 0 Å². The first-order chi connectivity index (χ1) is 6.20. The Labute approximate surface area is 79.6 Å². The van der Waals surface area contributed by atoms with Gasteiger partial charge >= 0.3 is 0 Å². The molecule has 0 aliphatic carbocycles. The zero-order chi connectivity index (χ0) is 9.68. The van der Waals surface area contributed by atoms with Gasteiger partial charge in [-0.1, -0.05) is 30.3 Å². The van der Waals surface area contributed by atoms with Gasteiger partial charge in [-0.3, -0.25) is 0 Å². The lowest BCUT2D eigenvalue weighted by molar-refractivity contribution is 0.187. The number of benzene rings is 1. The molecule has 0 bridgehead atoms. The summed E-state index contributed by atoms with van der Waals surface area (Å²) in [5.41, 5.74) is 1.25. The van der Waals surface area contributed by atoms with Crippen molar-refractivity contribution >= 4 is 0 Å². The van der Waals surface area contributed by atoms with E-state index >= 15 is 0 Å². The summed E-state index contributed by atoms with van der Waals surface area (Å²) < 4.78 is 0. The van der Waals surface area contributed by atoms with Gasteiger partial charge in [-0.05, 0) is 19.4 Å². The van der Waals surface area contributed by atoms with Crippen LogP contribution in [0.2, 0.25) is 0 Å². The minimum Gasteiger partial charge on any atom is -0.392 e. The minimum atomic E-state index is -0.286. The van der Waals surface area contributed by atoms with Crippen LogP contribution in [-0.4, -0.2) is 17.8 Å². The highest BCUT2D eigenvalue weighted by atomic mass is 16.3. The zero-order valence-electron chi connectivity index (χ0n) is 8.20. The standard InChI is InChI=1S/C11H17NO/c1-9(13)8-12-10(2)11-6-4-3-5-7-11/h3-7,9-10,12-13H,8H2,1-2H3/t9-,10+/m0/s1. The molecule has 2 N–H and O–H groups in total. The van der Waals surface area contributed by atoms with Gasteiger partial charge in [0.05, 0.1) is 6.10 Å². The lowest BCUT2D eigenvalue weighted by Crippen LogP contribution is -2.27. The van der Waals surface area contributed by atoms with E-state index in [1.807, 2.05) is 18.2 Å². The number of hydrogen-bond acceptors (Lipinski definition) is 2. The second kappa shape index (κ2) is 5.00. The van der Waals surface area contributed by atoms with Crippen LogP contribution in [0, 0.1) is 0 Å². The normalized spacial score (nSPS) is 15.3. The van der Waals surface area contributed by atoms with Crippen molar-refractivity contribution in [2.75, 3.05) is 6.54 Å². The van der Waals surface area contributed by atoms with Gasteiger partial charge in [0.25, 0.3) is 0 Å². The van der Waals surface area contributed by atoms with Gasteiger partial charge in [0.15, 0.2) is 0 Å². The van der Waals surface area contributed by atoms with Crippen molar-refractivity contribution in [2.45, 2.75) is 26.0 Å². The van der Waals surface area contributed by atoms with Crippen LogP contribution in [0.5, 0.6) is 0 Å². The van der Waals surface area contributed by atoms with Crippen molar-refractivity contribution in [1.29, 1.82) is 0 Å². The van der Waals surface area contributed by atoms with Gasteiger partial charge in [-0.15, -0.1) is 0 Å². The number of hydrogen-bond donors (Lipinski definition) is 2. The smallest absolute Gasteiger partial charge is 0.0636 e. The van der Waals surface area contributed by atoms with E-state index in [2.05, 4.69) is 24.4 Å². The van der Waals surface area contributed by atoms with Gasteiger partial charge in [-0.25, -0.2) is 0 Å². The molecule has 1 aromatic rings. The van der Waals surface area contributed by atoms with E-state index in [-0.39, 0.29) is 6.10 Å². The molecule has 0 aromatic heterocycles. The highest BCUT2D eigenvalue weighted by Gasteiger charge is 2.04. The molecule has 0 amide bonds. The third kappa shape index (κ3) is 3.57. The molecule has 0 saturated heterocycles. The Morgan fingerprint density at radius 1 is 1.23 bits per heavy atom. The number of nitrogens with one attached hydrogen (secondary N) is 1. The second-order valence-electron chi connectivity index (χ2n) is 3.39. The third-order valence-corrected chi connectivity index (χ3v) is 2.02. The molecular formula is C11H17NO. The predicted molar refractivity (Wildman–Crippen MR) is 54.5 cm³/mol. The summed E-state index contributed by atoms with van der Waals surface area (Å²) in [6, 6.07) is 10.5. The average Bonchev–Trinajstić information content (AvgIpc) is 2.15. The molecule has 1 aromatic carbocycles. The van der Waals surface area contributed by atoms with Crippen LogP contribution in [0.25, 0.3) is 0 Å². The minimum absolute atomic E-state index is 0.286. The monoisotopic (exact) mass is 179 g/mol. The summed E-state index contributed by atoms with van der Waals surface area (Å²) in [5.74, 6) is 0. The first kappa shape index (κ1) is 10.2. The van der Waals surface area contributed by atoms with Crippen LogP contribution >= 0.6 is 0 Å². The van der Waals surface area contributed by atoms with Crippen LogP contribution in [-0.2, 0) is 0 Å². The van der Waals surface area contributed by atoms with Crippen LogP contribution in [0.15, 0.2) is 30.3 Å². The number of aliphatic hydroxyl groups is 1. The van der Waals surface area contributed by atoms with Crippen LogP contribution in [0.4, 0.5) is 0 Å². The maximum Gasteiger partial charge on any atom is 0.0636 e. The summed E-state index contributed by atoms with van der Waals surface area (Å²) in [4.78, 5) is 0. The Morgan fingerprint density at radius 3 is 2.38 bits per heavy atom. The molecule has 0 saturated carbocycles. The zero-order valence-corrected chi connectivity index (χ0v) is 8.20. The van der Waals surface area contributed by atoms with Crippen LogP contribution < -0.4 is 5.32 Å². The van der Waals surface area contributed by atoms with E-state index in [1.54, 1.807) is 6.92 Å². The van der Waals surface area contributed by atoms with Gasteiger partial charge in [-0.2, -0.15) is 0 Å². The Kier molecular flexibility index (Phi) is 3.93. The van der Waals surface area contributed by atoms with E-state index < -0.39 is 0 Å². The molecule has 0 spiro atoms. The molecule has 72 valence electrons. The van der Waals surface area contributed by atoms with Gasteiger partial charge in [0, 0.05) is 12.6 Å². The molecular weight excluding hydrogens is 162 g/mol. The third-order valence-electron chi connectivity index (χ3n) is 2.02. The largest absolute Gasteiger partial charge is 0.392 e. The molecule has 1 rings (SSSR count). The molecule has 0 aliphatic heterocycles. The molecule has 0 fully saturated rings. The lowest BCUT2D eigenvalue weighted by Gasteiger charge is -2.15. The summed E-state index contributed by atoms with van der Waals surface area (Å²) in [5, 5.41) is 12.3. The van der Waals surface area contributed by atoms with Crippen molar-refractivity contribution in [1.82, 2.24) is 5.32 Å². The van der Waals surface area contributed by atoms with Crippen LogP contribution in [0.3, 0.4) is 0 Å². The summed E-state index contributed by atoms with van der Waals surface area (Å²) in [7, 11) is 0. The maximum atomic E-state index is 9.09. The van der Waals surface area contributed by atoms with Crippen molar-refractivity contribution in [2.24, 2.45) is 0 Å². The summed E-state index contributed by atoms with van der Waals surface area (Å²) in [6.07, 6.45) is -0.286. The Morgan fingerprint density at radius 2 is 1.85 bits per heavy atom. The van der Waals surface area contributed by atoms with Crippen molar-refractivity contribution in [3.63, 3.8) is 0 Å². The topological polar surface area (TPSA) is 32.3 Å². The van der Waals surface area contributed by atoms with E-state index in [0.29, 0.717) is 12.6 Å². The van der Waals surface area contributed by atoms with Crippen molar-refractivity contribution < 1.29 is 5.11 Å². The van der Waals surface area contributed by atoms with Gasteiger partial charge < -0.3 is 10.4 Å². The molecule has 0 heterocycles. The molecule has 2 atom stereocenters. The summed E-state index contributed by atoms with van der Waals surface area (Å²) >= 11 is 0. The second-order valence-corrected chi connectivity index (χ2v) is 3.39. The molecule has 2 heteroatoms.